The van der Waals surface area contributed by atoms with E-state index in [-0.39, 0.29) is 17.5 Å². The zero-order valence-electron chi connectivity index (χ0n) is 12.4. The predicted molar refractivity (Wildman–Crippen MR) is 83.5 cm³/mol. The quantitative estimate of drug-likeness (QED) is 0.409. The number of carbonyl (C=O) groups excluding carboxylic acids is 1. The first-order valence-electron chi connectivity index (χ1n) is 6.57. The minimum atomic E-state index is -0.534. The molecule has 0 radical (unpaired) electrons. The first-order valence-corrected chi connectivity index (χ1v) is 6.94. The zero-order chi connectivity index (χ0) is 15.5. The molecule has 0 saturated carbocycles. The van der Waals surface area contributed by atoms with Crippen molar-refractivity contribution in [2.75, 3.05) is 6.54 Å². The molecule has 3 nitrogen and oxygen atoms in total. The number of halogens is 2. The second-order valence-corrected chi connectivity index (χ2v) is 4.80. The molecule has 112 valence electrons. The van der Waals surface area contributed by atoms with Gasteiger partial charge in [0, 0.05) is 11.8 Å². The lowest BCUT2D eigenvalue weighted by Gasteiger charge is -2.08. The van der Waals surface area contributed by atoms with Crippen molar-refractivity contribution in [2.24, 2.45) is 10.9 Å². The van der Waals surface area contributed by atoms with Crippen LogP contribution in [0.2, 0.25) is 0 Å². The van der Waals surface area contributed by atoms with E-state index in [1.807, 2.05) is 13.8 Å². The Hall–Kier alpha value is -1.42. The Morgan fingerprint density at radius 2 is 2.15 bits per heavy atom. The van der Waals surface area contributed by atoms with Gasteiger partial charge in [-0.3, -0.25) is 9.79 Å². The van der Waals surface area contributed by atoms with Crippen molar-refractivity contribution in [3.63, 3.8) is 0 Å². The van der Waals surface area contributed by atoms with E-state index < -0.39 is 5.83 Å². The Kier molecular flexibility index (Phi) is 9.64. The molecule has 20 heavy (non-hydrogen) atoms. The minimum absolute atomic E-state index is 0.0207. The first kappa shape index (κ1) is 18.6. The summed E-state index contributed by atoms with van der Waals surface area (Å²) in [5.74, 6) is -0.249. The van der Waals surface area contributed by atoms with E-state index in [9.17, 15) is 9.18 Å². The van der Waals surface area contributed by atoms with Crippen molar-refractivity contribution in [2.45, 2.75) is 34.1 Å². The van der Waals surface area contributed by atoms with Crippen molar-refractivity contribution < 1.29 is 9.18 Å². The van der Waals surface area contributed by atoms with Crippen LogP contribution in [0.25, 0.3) is 0 Å². The van der Waals surface area contributed by atoms with Crippen molar-refractivity contribution in [1.82, 2.24) is 5.32 Å². The number of aliphatic imine (C=N–C) groups is 1. The second kappa shape index (κ2) is 10.4. The Labute approximate surface area is 125 Å². The molecule has 0 aromatic rings. The highest BCUT2D eigenvalue weighted by molar-refractivity contribution is 6.31. The lowest BCUT2D eigenvalue weighted by Crippen LogP contribution is -2.15. The summed E-state index contributed by atoms with van der Waals surface area (Å²) in [5.41, 5.74) is 0.777. The molecule has 0 heterocycles. The molecule has 5 heteroatoms. The molecule has 0 aliphatic heterocycles. The van der Waals surface area contributed by atoms with Crippen LogP contribution in [0.15, 0.2) is 39.3 Å². The number of hydrogen-bond donors (Lipinski definition) is 1. The lowest BCUT2D eigenvalue weighted by atomic mass is 10.1. The van der Waals surface area contributed by atoms with Gasteiger partial charge in [-0.05, 0) is 32.3 Å². The molecule has 0 saturated heterocycles. The third kappa shape index (κ3) is 6.66. The molecule has 0 aliphatic carbocycles. The summed E-state index contributed by atoms with van der Waals surface area (Å²) in [6.45, 7) is 7.57. The van der Waals surface area contributed by atoms with E-state index in [2.05, 4.69) is 10.3 Å². The molecule has 0 bridgehead atoms. The van der Waals surface area contributed by atoms with Gasteiger partial charge in [0.2, 0.25) is 6.41 Å². The fourth-order valence-corrected chi connectivity index (χ4v) is 1.53. The van der Waals surface area contributed by atoms with Gasteiger partial charge < -0.3 is 5.32 Å². The van der Waals surface area contributed by atoms with E-state index in [0.29, 0.717) is 17.7 Å². The fourth-order valence-electron chi connectivity index (χ4n) is 1.26. The predicted octanol–water partition coefficient (Wildman–Crippen LogP) is 4.12. The first-order chi connectivity index (χ1) is 9.47. The van der Waals surface area contributed by atoms with Crippen molar-refractivity contribution in [3.8, 4) is 0 Å². The van der Waals surface area contributed by atoms with Gasteiger partial charge in [0.1, 0.15) is 5.83 Å². The largest absolute Gasteiger partial charge is 0.353 e. The SMILES string of the molecule is C\C=C/C(Cl)=C(F)\C(C)=C(/CNC=O)N=CC(C)CC. The van der Waals surface area contributed by atoms with Crippen molar-refractivity contribution in [3.05, 3.63) is 34.3 Å². The number of rotatable bonds is 8. The number of carbonyl (C=O) groups is 1. The standard InChI is InChI=1S/C15H22ClFN2O/c1-5-7-13(16)15(17)12(4)14(9-18-10-20)19-8-11(3)6-2/h5,7-8,10-11H,6,9H2,1-4H3,(H,18,20)/b7-5-,14-12+,15-13-,19-8?. The monoisotopic (exact) mass is 300 g/mol. The highest BCUT2D eigenvalue weighted by Crippen LogP contribution is 2.23. The molecular formula is C15H22ClFN2O. The van der Waals surface area contributed by atoms with E-state index in [1.54, 1.807) is 26.1 Å². The van der Waals surface area contributed by atoms with Gasteiger partial charge in [0.25, 0.3) is 0 Å². The van der Waals surface area contributed by atoms with Crippen LogP contribution in [0.3, 0.4) is 0 Å². The van der Waals surface area contributed by atoms with Gasteiger partial charge >= 0.3 is 0 Å². The van der Waals surface area contributed by atoms with Gasteiger partial charge in [-0.1, -0.05) is 31.5 Å². The van der Waals surface area contributed by atoms with Crippen LogP contribution >= 0.6 is 11.6 Å². The molecule has 0 aromatic heterocycles. The van der Waals surface area contributed by atoms with Crippen LogP contribution in [0.5, 0.6) is 0 Å². The van der Waals surface area contributed by atoms with Gasteiger partial charge in [0.05, 0.1) is 17.3 Å². The maximum absolute atomic E-state index is 14.1. The van der Waals surface area contributed by atoms with E-state index in [4.69, 9.17) is 11.6 Å². The number of nitrogens with one attached hydrogen (secondary N) is 1. The summed E-state index contributed by atoms with van der Waals surface area (Å²) in [7, 11) is 0. The van der Waals surface area contributed by atoms with E-state index in [0.717, 1.165) is 6.42 Å². The Bertz CT molecular complexity index is 439. The summed E-state index contributed by atoms with van der Waals surface area (Å²) < 4.78 is 14.1. The third-order valence-corrected chi connectivity index (χ3v) is 3.06. The van der Waals surface area contributed by atoms with Crippen molar-refractivity contribution in [1.29, 1.82) is 0 Å². The van der Waals surface area contributed by atoms with Gasteiger partial charge in [-0.2, -0.15) is 0 Å². The molecule has 1 unspecified atom stereocenters. The molecule has 0 rings (SSSR count). The Morgan fingerprint density at radius 1 is 1.50 bits per heavy atom. The highest BCUT2D eigenvalue weighted by Gasteiger charge is 2.10. The van der Waals surface area contributed by atoms with Gasteiger partial charge in [0.15, 0.2) is 0 Å². The van der Waals surface area contributed by atoms with E-state index >= 15 is 0 Å². The van der Waals surface area contributed by atoms with Gasteiger partial charge in [-0.15, -0.1) is 0 Å². The van der Waals surface area contributed by atoms with Crippen LogP contribution < -0.4 is 5.32 Å². The summed E-state index contributed by atoms with van der Waals surface area (Å²) >= 11 is 5.84. The average molecular weight is 301 g/mol. The van der Waals surface area contributed by atoms with Crippen molar-refractivity contribution >= 4 is 24.2 Å². The molecule has 1 atom stereocenters. The third-order valence-electron chi connectivity index (χ3n) is 2.77. The molecule has 0 aliphatic rings. The number of hydrogen-bond acceptors (Lipinski definition) is 2. The topological polar surface area (TPSA) is 41.5 Å². The highest BCUT2D eigenvalue weighted by atomic mass is 35.5. The molecule has 0 fully saturated rings. The molecule has 0 spiro atoms. The van der Waals surface area contributed by atoms with Crippen LogP contribution in [-0.2, 0) is 4.79 Å². The van der Waals surface area contributed by atoms with Crippen LogP contribution in [0, 0.1) is 5.92 Å². The van der Waals surface area contributed by atoms with Crippen LogP contribution in [-0.4, -0.2) is 19.2 Å². The maximum atomic E-state index is 14.1. The molecule has 1 amide bonds. The normalized spacial score (nSPS) is 16.1. The summed E-state index contributed by atoms with van der Waals surface area (Å²) in [5, 5.41) is 2.51. The smallest absolute Gasteiger partial charge is 0.207 e. The summed E-state index contributed by atoms with van der Waals surface area (Å²) in [6, 6.07) is 0. The molecule has 1 N–H and O–H groups in total. The number of nitrogens with zero attached hydrogens (tertiary/aromatic N) is 1. The van der Waals surface area contributed by atoms with Crippen LogP contribution in [0.1, 0.15) is 34.1 Å². The zero-order valence-corrected chi connectivity index (χ0v) is 13.2. The number of allylic oxidation sites excluding steroid dienone is 5. The fraction of sp³-hybridized carbons (Fsp3) is 0.467. The second-order valence-electron chi connectivity index (χ2n) is 4.40. The number of amides is 1. The maximum Gasteiger partial charge on any atom is 0.207 e. The van der Waals surface area contributed by atoms with Crippen LogP contribution in [0.4, 0.5) is 4.39 Å². The van der Waals surface area contributed by atoms with Gasteiger partial charge in [-0.25, -0.2) is 4.39 Å². The Morgan fingerprint density at radius 3 is 2.65 bits per heavy atom. The lowest BCUT2D eigenvalue weighted by molar-refractivity contribution is -0.109. The average Bonchev–Trinajstić information content (AvgIpc) is 2.45. The Balaban J connectivity index is 5.45. The molecule has 0 aromatic carbocycles. The molecular weight excluding hydrogens is 279 g/mol. The minimum Gasteiger partial charge on any atom is -0.353 e. The summed E-state index contributed by atoms with van der Waals surface area (Å²) in [4.78, 5) is 14.7. The van der Waals surface area contributed by atoms with E-state index in [1.165, 1.54) is 6.08 Å². The summed E-state index contributed by atoms with van der Waals surface area (Å²) in [6.07, 6.45) is 6.38.